The molecule has 50 heavy (non-hydrogen) atoms. The molecule has 0 atom stereocenters. The quantitative estimate of drug-likeness (QED) is 0.188. The molecule has 0 N–H and O–H groups in total. The van der Waals surface area contributed by atoms with Crippen LogP contribution in [0.15, 0.2) is 170 Å². The van der Waals surface area contributed by atoms with Crippen LogP contribution in [0.3, 0.4) is 0 Å². The number of pyridine rings is 1. The minimum Gasteiger partial charge on any atom is -0.309 e. The molecule has 236 valence electrons. The van der Waals surface area contributed by atoms with E-state index in [2.05, 4.69) is 181 Å². The third-order valence-electron chi connectivity index (χ3n) is 10.8. The lowest BCUT2D eigenvalue weighted by Crippen LogP contribution is -2.15. The normalized spacial score (nSPS) is 13.2. The van der Waals surface area contributed by atoms with Crippen molar-refractivity contribution in [3.8, 4) is 50.2 Å². The van der Waals surface area contributed by atoms with Crippen LogP contribution < -0.4 is 0 Å². The van der Waals surface area contributed by atoms with Gasteiger partial charge >= 0.3 is 0 Å². The van der Waals surface area contributed by atoms with Gasteiger partial charge in [-0.05, 0) is 110 Å². The van der Waals surface area contributed by atoms with Crippen LogP contribution in [-0.2, 0) is 5.41 Å². The first-order chi connectivity index (χ1) is 24.5. The molecule has 0 amide bonds. The summed E-state index contributed by atoms with van der Waals surface area (Å²) in [6.45, 7) is 4.74. The second-order valence-electron chi connectivity index (χ2n) is 14.1. The van der Waals surface area contributed by atoms with Crippen molar-refractivity contribution in [2.45, 2.75) is 19.3 Å². The van der Waals surface area contributed by atoms with Gasteiger partial charge in [0.1, 0.15) is 0 Å². The van der Waals surface area contributed by atoms with Crippen LogP contribution in [0.2, 0.25) is 0 Å². The largest absolute Gasteiger partial charge is 0.309 e. The summed E-state index contributed by atoms with van der Waals surface area (Å²) < 4.78 is 2.40. The van der Waals surface area contributed by atoms with Crippen molar-refractivity contribution in [3.63, 3.8) is 0 Å². The van der Waals surface area contributed by atoms with Crippen LogP contribution in [0.5, 0.6) is 0 Å². The molecular formula is C48H34N2. The van der Waals surface area contributed by atoms with Gasteiger partial charge in [-0.1, -0.05) is 123 Å². The van der Waals surface area contributed by atoms with Gasteiger partial charge < -0.3 is 4.57 Å². The van der Waals surface area contributed by atoms with Crippen LogP contribution in [0.4, 0.5) is 0 Å². The molecule has 0 saturated heterocycles. The van der Waals surface area contributed by atoms with Gasteiger partial charge in [-0.2, -0.15) is 0 Å². The number of rotatable bonds is 4. The molecule has 10 rings (SSSR count). The molecular weight excluding hydrogens is 605 g/mol. The fraction of sp³-hybridized carbons (Fsp3) is 0.0625. The van der Waals surface area contributed by atoms with Gasteiger partial charge in [0, 0.05) is 33.5 Å². The number of benzene rings is 7. The van der Waals surface area contributed by atoms with E-state index in [1.807, 2.05) is 12.3 Å². The summed E-state index contributed by atoms with van der Waals surface area (Å²) in [5.41, 5.74) is 17.3. The lowest BCUT2D eigenvalue weighted by molar-refractivity contribution is 0.661. The Labute approximate surface area is 291 Å². The molecule has 2 aromatic heterocycles. The van der Waals surface area contributed by atoms with E-state index in [1.165, 1.54) is 83.1 Å². The summed E-state index contributed by atoms with van der Waals surface area (Å²) >= 11 is 0. The van der Waals surface area contributed by atoms with Gasteiger partial charge in [0.05, 0.1) is 16.6 Å². The second kappa shape index (κ2) is 10.9. The van der Waals surface area contributed by atoms with Crippen molar-refractivity contribution in [2.75, 3.05) is 0 Å². The maximum atomic E-state index is 4.48. The predicted octanol–water partition coefficient (Wildman–Crippen LogP) is 12.6. The van der Waals surface area contributed by atoms with E-state index in [0.29, 0.717) is 0 Å². The highest BCUT2D eigenvalue weighted by Gasteiger charge is 2.36. The minimum absolute atomic E-state index is 0.125. The van der Waals surface area contributed by atoms with E-state index >= 15 is 0 Å². The maximum absolute atomic E-state index is 4.48. The number of nitrogens with zero attached hydrogens (tertiary/aromatic N) is 2. The first-order valence-electron chi connectivity index (χ1n) is 17.4. The Kier molecular flexibility index (Phi) is 6.25. The Balaban J connectivity index is 0.990. The van der Waals surface area contributed by atoms with Crippen LogP contribution in [0.1, 0.15) is 25.0 Å². The van der Waals surface area contributed by atoms with E-state index < -0.39 is 0 Å². The maximum Gasteiger partial charge on any atom is 0.0702 e. The monoisotopic (exact) mass is 638 g/mol. The SMILES string of the molecule is CC1(C)c2cc(-c3ccc(-c4ccc5ncccc5c4)cc3)ccc2-c2ccc(-c3cccc(-n4c5ccccc5c5ccccc54)c3)cc21. The fourth-order valence-electron chi connectivity index (χ4n) is 8.23. The lowest BCUT2D eigenvalue weighted by Gasteiger charge is -2.23. The van der Waals surface area contributed by atoms with E-state index in [9.17, 15) is 0 Å². The smallest absolute Gasteiger partial charge is 0.0702 e. The zero-order valence-corrected chi connectivity index (χ0v) is 28.1. The molecule has 9 aromatic rings. The molecule has 0 saturated carbocycles. The molecule has 0 spiro atoms. The first-order valence-corrected chi connectivity index (χ1v) is 17.4. The molecule has 0 unspecified atom stereocenters. The predicted molar refractivity (Wildman–Crippen MR) is 210 cm³/mol. The lowest BCUT2D eigenvalue weighted by atomic mass is 9.81. The molecule has 7 aromatic carbocycles. The van der Waals surface area contributed by atoms with Crippen LogP contribution in [0, 0.1) is 0 Å². The third kappa shape index (κ3) is 4.38. The highest BCUT2D eigenvalue weighted by molar-refractivity contribution is 6.09. The van der Waals surface area contributed by atoms with Gasteiger partial charge in [0.25, 0.3) is 0 Å². The molecule has 1 aliphatic carbocycles. The molecule has 0 bridgehead atoms. The van der Waals surface area contributed by atoms with Crippen molar-refractivity contribution in [1.82, 2.24) is 9.55 Å². The Hall–Kier alpha value is -6.25. The van der Waals surface area contributed by atoms with Gasteiger partial charge in [0.15, 0.2) is 0 Å². The average molecular weight is 639 g/mol. The molecule has 2 heterocycles. The van der Waals surface area contributed by atoms with Gasteiger partial charge in [0.2, 0.25) is 0 Å². The van der Waals surface area contributed by atoms with E-state index in [4.69, 9.17) is 0 Å². The zero-order valence-electron chi connectivity index (χ0n) is 28.1. The van der Waals surface area contributed by atoms with Crippen molar-refractivity contribution in [1.29, 1.82) is 0 Å². The highest BCUT2D eigenvalue weighted by Crippen LogP contribution is 2.51. The van der Waals surface area contributed by atoms with Gasteiger partial charge in [-0.3, -0.25) is 4.98 Å². The molecule has 1 aliphatic rings. The third-order valence-corrected chi connectivity index (χ3v) is 10.8. The van der Waals surface area contributed by atoms with Crippen molar-refractivity contribution in [2.24, 2.45) is 0 Å². The zero-order chi connectivity index (χ0) is 33.4. The van der Waals surface area contributed by atoms with Crippen molar-refractivity contribution in [3.05, 3.63) is 181 Å². The molecule has 0 aliphatic heterocycles. The minimum atomic E-state index is -0.125. The summed E-state index contributed by atoms with van der Waals surface area (Å²) in [7, 11) is 0. The highest BCUT2D eigenvalue weighted by atomic mass is 15.0. The second-order valence-corrected chi connectivity index (χ2v) is 14.1. The number of para-hydroxylation sites is 2. The van der Waals surface area contributed by atoms with Crippen LogP contribution >= 0.6 is 0 Å². The van der Waals surface area contributed by atoms with Gasteiger partial charge in [-0.25, -0.2) is 0 Å². The summed E-state index contributed by atoms with van der Waals surface area (Å²) in [5, 5.41) is 3.72. The van der Waals surface area contributed by atoms with E-state index in [1.54, 1.807) is 0 Å². The Morgan fingerprint density at radius 1 is 0.440 bits per heavy atom. The molecule has 0 fully saturated rings. The summed E-state index contributed by atoms with van der Waals surface area (Å²) in [6.07, 6.45) is 1.85. The first kappa shape index (κ1) is 28.7. The van der Waals surface area contributed by atoms with Crippen molar-refractivity contribution < 1.29 is 0 Å². The van der Waals surface area contributed by atoms with Gasteiger partial charge in [-0.15, -0.1) is 0 Å². The van der Waals surface area contributed by atoms with E-state index in [0.717, 1.165) is 10.9 Å². The number of hydrogen-bond acceptors (Lipinski definition) is 1. The molecule has 2 heteroatoms. The molecule has 0 radical (unpaired) electrons. The Bertz CT molecular complexity index is 2730. The summed E-state index contributed by atoms with van der Waals surface area (Å²) in [5.74, 6) is 0. The van der Waals surface area contributed by atoms with Crippen LogP contribution in [0.25, 0.3) is 82.9 Å². The van der Waals surface area contributed by atoms with Crippen molar-refractivity contribution >= 4 is 32.7 Å². The Morgan fingerprint density at radius 2 is 0.980 bits per heavy atom. The number of hydrogen-bond donors (Lipinski definition) is 0. The Morgan fingerprint density at radius 3 is 1.64 bits per heavy atom. The number of fused-ring (bicyclic) bond motifs is 7. The van der Waals surface area contributed by atoms with E-state index in [-0.39, 0.29) is 5.41 Å². The summed E-state index contributed by atoms with van der Waals surface area (Å²) in [6, 6.07) is 60.1. The fourth-order valence-corrected chi connectivity index (χ4v) is 8.23. The molecule has 2 nitrogen and oxygen atoms in total. The standard InChI is InChI=1S/C48H34N2/c1-48(2)43-29-35(32-18-16-31(17-19-32)34-22-25-45-37(27-34)10-8-26-49-45)20-23-39(43)40-24-21-36(30-44(40)48)33-9-7-11-38(28-33)50-46-14-5-3-12-41(46)42-13-4-6-15-47(42)50/h3-30H,1-2H3. The number of aromatic nitrogens is 2. The van der Waals surface area contributed by atoms with Crippen LogP contribution in [-0.4, -0.2) is 9.55 Å². The average Bonchev–Trinajstić information content (AvgIpc) is 3.63. The summed E-state index contributed by atoms with van der Waals surface area (Å²) in [4.78, 5) is 4.48. The topological polar surface area (TPSA) is 17.8 Å².